The first-order valence-electron chi connectivity index (χ1n) is 3.84. The highest BCUT2D eigenvalue weighted by Crippen LogP contribution is 2.23. The van der Waals surface area contributed by atoms with Gasteiger partial charge in [0.1, 0.15) is 4.83 Å². The first-order chi connectivity index (χ1) is 5.75. The second-order valence-electron chi connectivity index (χ2n) is 2.73. The third-order valence-electron chi connectivity index (χ3n) is 1.89. The van der Waals surface area contributed by atoms with E-state index in [0.29, 0.717) is 0 Å². The van der Waals surface area contributed by atoms with Gasteiger partial charge < -0.3 is 0 Å². The summed E-state index contributed by atoms with van der Waals surface area (Å²) in [4.78, 5) is -0.0973. The van der Waals surface area contributed by atoms with Crippen LogP contribution in [0.4, 0.5) is 0 Å². The summed E-state index contributed by atoms with van der Waals surface area (Å²) in [5.74, 6) is 0.246. The lowest BCUT2D eigenvalue weighted by atomic mass is 9.99. The fourth-order valence-electron chi connectivity index (χ4n) is 1.04. The van der Waals surface area contributed by atoms with Gasteiger partial charge in [0.25, 0.3) is 0 Å². The second kappa shape index (κ2) is 4.27. The van der Waals surface area contributed by atoms with Crippen molar-refractivity contribution in [3.8, 4) is 6.07 Å². The number of hydrogen-bond acceptors (Lipinski definition) is 1. The van der Waals surface area contributed by atoms with Gasteiger partial charge in [0.2, 0.25) is 0 Å². The molecule has 0 bridgehead atoms. The lowest BCUT2D eigenvalue weighted by Crippen LogP contribution is -2.05. The summed E-state index contributed by atoms with van der Waals surface area (Å²) >= 11 is 3.32. The average molecular weight is 224 g/mol. The van der Waals surface area contributed by atoms with Gasteiger partial charge in [-0.25, -0.2) is 0 Å². The van der Waals surface area contributed by atoms with Crippen molar-refractivity contribution in [2.75, 3.05) is 0 Å². The van der Waals surface area contributed by atoms with Gasteiger partial charge in [-0.15, -0.1) is 0 Å². The smallest absolute Gasteiger partial charge is 0.108 e. The van der Waals surface area contributed by atoms with Crippen LogP contribution in [-0.4, -0.2) is 4.83 Å². The maximum Gasteiger partial charge on any atom is 0.108 e. The second-order valence-corrected chi connectivity index (χ2v) is 3.72. The van der Waals surface area contributed by atoms with Gasteiger partial charge in [0.15, 0.2) is 0 Å². The van der Waals surface area contributed by atoms with Crippen molar-refractivity contribution < 1.29 is 0 Å². The van der Waals surface area contributed by atoms with Crippen LogP contribution >= 0.6 is 15.9 Å². The van der Waals surface area contributed by atoms with E-state index in [9.17, 15) is 0 Å². The van der Waals surface area contributed by atoms with Crippen molar-refractivity contribution in [2.24, 2.45) is 0 Å². The molecule has 2 heteroatoms. The average Bonchev–Trinajstić information content (AvgIpc) is 2.17. The van der Waals surface area contributed by atoms with Crippen molar-refractivity contribution in [1.82, 2.24) is 0 Å². The molecule has 12 heavy (non-hydrogen) atoms. The van der Waals surface area contributed by atoms with Crippen LogP contribution in [0.15, 0.2) is 30.3 Å². The number of nitrogens with zero attached hydrogens (tertiary/aromatic N) is 1. The third-order valence-corrected chi connectivity index (χ3v) is 2.89. The maximum atomic E-state index is 8.67. The molecule has 0 aliphatic heterocycles. The van der Waals surface area contributed by atoms with Crippen molar-refractivity contribution in [3.63, 3.8) is 0 Å². The molecule has 0 unspecified atom stereocenters. The van der Waals surface area contributed by atoms with Crippen LogP contribution in [0.25, 0.3) is 0 Å². The van der Waals surface area contributed by atoms with E-state index in [1.807, 2.05) is 37.3 Å². The number of nitriles is 1. The highest BCUT2D eigenvalue weighted by Gasteiger charge is 2.13. The molecular formula is C10H10BrN. The molecule has 2 atom stereocenters. The molecule has 0 saturated carbocycles. The maximum absolute atomic E-state index is 8.67. The molecule has 0 aromatic heterocycles. The summed E-state index contributed by atoms with van der Waals surface area (Å²) in [5, 5.41) is 8.67. The van der Waals surface area contributed by atoms with Crippen molar-refractivity contribution in [3.05, 3.63) is 35.9 Å². The monoisotopic (exact) mass is 223 g/mol. The highest BCUT2D eigenvalue weighted by molar-refractivity contribution is 9.09. The number of hydrogen-bond donors (Lipinski definition) is 0. The van der Waals surface area contributed by atoms with Crippen LogP contribution in [0.3, 0.4) is 0 Å². The van der Waals surface area contributed by atoms with Gasteiger partial charge in [-0.05, 0) is 5.56 Å². The van der Waals surface area contributed by atoms with Crippen LogP contribution < -0.4 is 0 Å². The molecule has 1 rings (SSSR count). The van der Waals surface area contributed by atoms with Gasteiger partial charge >= 0.3 is 0 Å². The SMILES string of the molecule is C[C@@H](c1ccccc1)[C@@H](Br)C#N. The van der Waals surface area contributed by atoms with E-state index in [0.717, 1.165) is 0 Å². The summed E-state index contributed by atoms with van der Waals surface area (Å²) in [6.07, 6.45) is 0. The topological polar surface area (TPSA) is 23.8 Å². The molecule has 1 aromatic rings. The first kappa shape index (κ1) is 9.28. The molecule has 0 aliphatic rings. The van der Waals surface area contributed by atoms with Gasteiger partial charge in [-0.1, -0.05) is 53.2 Å². The number of halogens is 1. The van der Waals surface area contributed by atoms with E-state index in [4.69, 9.17) is 5.26 Å². The Kier molecular flexibility index (Phi) is 3.31. The van der Waals surface area contributed by atoms with Crippen molar-refractivity contribution in [2.45, 2.75) is 17.7 Å². The van der Waals surface area contributed by atoms with E-state index in [-0.39, 0.29) is 10.7 Å². The molecule has 0 aliphatic carbocycles. The normalized spacial score (nSPS) is 14.8. The predicted octanol–water partition coefficient (Wildman–Crippen LogP) is 3.08. The lowest BCUT2D eigenvalue weighted by molar-refractivity contribution is 0.813. The summed E-state index contributed by atoms with van der Waals surface area (Å²) in [7, 11) is 0. The molecule has 0 N–H and O–H groups in total. The quantitative estimate of drug-likeness (QED) is 0.708. The zero-order valence-electron chi connectivity index (χ0n) is 6.87. The minimum Gasteiger partial charge on any atom is -0.197 e. The largest absolute Gasteiger partial charge is 0.197 e. The molecule has 0 amide bonds. The molecule has 0 fully saturated rings. The van der Waals surface area contributed by atoms with E-state index < -0.39 is 0 Å². The van der Waals surface area contributed by atoms with E-state index in [1.54, 1.807) is 0 Å². The van der Waals surface area contributed by atoms with Crippen LogP contribution in [0.1, 0.15) is 18.4 Å². The summed E-state index contributed by atoms with van der Waals surface area (Å²) in [6, 6.07) is 12.2. The summed E-state index contributed by atoms with van der Waals surface area (Å²) < 4.78 is 0. The Labute approximate surface area is 81.2 Å². The van der Waals surface area contributed by atoms with E-state index in [2.05, 4.69) is 22.0 Å². The molecule has 1 nitrogen and oxygen atoms in total. The Bertz CT molecular complexity index is 276. The summed E-state index contributed by atoms with van der Waals surface area (Å²) in [6.45, 7) is 2.04. The van der Waals surface area contributed by atoms with Crippen LogP contribution in [-0.2, 0) is 0 Å². The number of alkyl halides is 1. The minimum absolute atomic E-state index is 0.0973. The Morgan fingerprint density at radius 1 is 1.33 bits per heavy atom. The molecule has 0 spiro atoms. The zero-order valence-corrected chi connectivity index (χ0v) is 8.45. The summed E-state index contributed by atoms with van der Waals surface area (Å²) in [5.41, 5.74) is 1.20. The fraction of sp³-hybridized carbons (Fsp3) is 0.300. The number of rotatable bonds is 2. The van der Waals surface area contributed by atoms with Crippen LogP contribution in [0, 0.1) is 11.3 Å². The Balaban J connectivity index is 2.80. The van der Waals surface area contributed by atoms with Crippen LogP contribution in [0.5, 0.6) is 0 Å². The van der Waals surface area contributed by atoms with Crippen LogP contribution in [0.2, 0.25) is 0 Å². The van der Waals surface area contributed by atoms with E-state index in [1.165, 1.54) is 5.56 Å². The number of benzene rings is 1. The molecule has 0 saturated heterocycles. The van der Waals surface area contributed by atoms with Crippen molar-refractivity contribution in [1.29, 1.82) is 5.26 Å². The van der Waals surface area contributed by atoms with Gasteiger partial charge in [0, 0.05) is 5.92 Å². The van der Waals surface area contributed by atoms with E-state index >= 15 is 0 Å². The molecule has 0 radical (unpaired) electrons. The van der Waals surface area contributed by atoms with Gasteiger partial charge in [0.05, 0.1) is 6.07 Å². The molecule has 1 aromatic carbocycles. The standard InChI is InChI=1S/C10H10BrN/c1-8(10(11)7-12)9-5-3-2-4-6-9/h2-6,8,10H,1H3/t8-,10-/m0/s1. The zero-order chi connectivity index (χ0) is 8.97. The van der Waals surface area contributed by atoms with Crippen molar-refractivity contribution >= 4 is 15.9 Å². The Morgan fingerprint density at radius 2 is 1.92 bits per heavy atom. The minimum atomic E-state index is -0.0973. The lowest BCUT2D eigenvalue weighted by Gasteiger charge is -2.11. The van der Waals surface area contributed by atoms with Gasteiger partial charge in [-0.2, -0.15) is 5.26 Å². The Hall–Kier alpha value is -0.810. The first-order valence-corrected chi connectivity index (χ1v) is 4.76. The molecule has 0 heterocycles. The fourth-order valence-corrected chi connectivity index (χ4v) is 1.34. The Morgan fingerprint density at radius 3 is 2.42 bits per heavy atom. The third kappa shape index (κ3) is 2.09. The molecule has 62 valence electrons. The molecular weight excluding hydrogens is 214 g/mol. The van der Waals surface area contributed by atoms with Gasteiger partial charge in [-0.3, -0.25) is 0 Å². The highest BCUT2D eigenvalue weighted by atomic mass is 79.9. The predicted molar refractivity (Wildman–Crippen MR) is 53.2 cm³/mol.